The summed E-state index contributed by atoms with van der Waals surface area (Å²) in [5.74, 6) is 1.19. The molecule has 2 unspecified atom stereocenters. The molecule has 0 radical (unpaired) electrons. The van der Waals surface area contributed by atoms with Gasteiger partial charge in [-0.25, -0.2) is 0 Å². The minimum Gasteiger partial charge on any atom is -0.300 e. The molecule has 0 amide bonds. The van der Waals surface area contributed by atoms with Crippen LogP contribution in [0.4, 0.5) is 0 Å². The summed E-state index contributed by atoms with van der Waals surface area (Å²) >= 11 is 0. The van der Waals surface area contributed by atoms with E-state index in [1.807, 2.05) is 0 Å². The average molecular weight is 168 g/mol. The SMILES string of the molecule is CCCC(C)C1(C)CCC(=O)C1. The van der Waals surface area contributed by atoms with Crippen molar-refractivity contribution in [1.82, 2.24) is 0 Å². The van der Waals surface area contributed by atoms with E-state index in [1.54, 1.807) is 0 Å². The highest BCUT2D eigenvalue weighted by Crippen LogP contribution is 2.43. The summed E-state index contributed by atoms with van der Waals surface area (Å²) in [5, 5.41) is 0. The monoisotopic (exact) mass is 168 g/mol. The first-order valence-electron chi connectivity index (χ1n) is 5.10. The Hall–Kier alpha value is -0.330. The van der Waals surface area contributed by atoms with Crippen LogP contribution in [-0.4, -0.2) is 5.78 Å². The lowest BCUT2D eigenvalue weighted by atomic mass is 9.75. The zero-order valence-corrected chi connectivity index (χ0v) is 8.52. The van der Waals surface area contributed by atoms with Crippen molar-refractivity contribution in [2.75, 3.05) is 0 Å². The van der Waals surface area contributed by atoms with Gasteiger partial charge < -0.3 is 0 Å². The summed E-state index contributed by atoms with van der Waals surface area (Å²) in [6, 6.07) is 0. The van der Waals surface area contributed by atoms with Gasteiger partial charge in [-0.2, -0.15) is 0 Å². The molecule has 0 spiro atoms. The fraction of sp³-hybridized carbons (Fsp3) is 0.909. The van der Waals surface area contributed by atoms with Gasteiger partial charge in [-0.1, -0.05) is 33.6 Å². The molecule has 1 heteroatoms. The Morgan fingerprint density at radius 2 is 2.25 bits per heavy atom. The first kappa shape index (κ1) is 9.76. The molecule has 0 heterocycles. The number of rotatable bonds is 3. The molecule has 2 atom stereocenters. The standard InChI is InChI=1S/C11H20O/c1-4-5-9(2)11(3)7-6-10(12)8-11/h9H,4-8H2,1-3H3. The maximum Gasteiger partial charge on any atom is 0.133 e. The molecule has 0 saturated heterocycles. The molecule has 0 N–H and O–H groups in total. The molecule has 70 valence electrons. The Labute approximate surface area is 75.5 Å². The summed E-state index contributed by atoms with van der Waals surface area (Å²) < 4.78 is 0. The van der Waals surface area contributed by atoms with Gasteiger partial charge in [-0.15, -0.1) is 0 Å². The van der Waals surface area contributed by atoms with E-state index in [-0.39, 0.29) is 0 Å². The number of carbonyl (C=O) groups excluding carboxylic acids is 1. The van der Waals surface area contributed by atoms with Crippen LogP contribution in [0, 0.1) is 11.3 Å². The Morgan fingerprint density at radius 1 is 1.58 bits per heavy atom. The van der Waals surface area contributed by atoms with Crippen molar-refractivity contribution in [2.24, 2.45) is 11.3 Å². The molecule has 1 aliphatic rings. The van der Waals surface area contributed by atoms with Crippen molar-refractivity contribution in [3.63, 3.8) is 0 Å². The van der Waals surface area contributed by atoms with Crippen molar-refractivity contribution < 1.29 is 4.79 Å². The van der Waals surface area contributed by atoms with Crippen molar-refractivity contribution in [2.45, 2.75) is 52.9 Å². The van der Waals surface area contributed by atoms with E-state index in [2.05, 4.69) is 20.8 Å². The molecule has 1 aliphatic carbocycles. The zero-order chi connectivity index (χ0) is 9.19. The van der Waals surface area contributed by atoms with Gasteiger partial charge in [0.25, 0.3) is 0 Å². The quantitative estimate of drug-likeness (QED) is 0.632. The van der Waals surface area contributed by atoms with Crippen LogP contribution in [-0.2, 0) is 4.79 Å². The highest BCUT2D eigenvalue weighted by molar-refractivity contribution is 5.81. The van der Waals surface area contributed by atoms with Gasteiger partial charge in [0.2, 0.25) is 0 Å². The molecule has 1 saturated carbocycles. The molecule has 12 heavy (non-hydrogen) atoms. The van der Waals surface area contributed by atoms with Crippen LogP contribution in [0.3, 0.4) is 0 Å². The Morgan fingerprint density at radius 3 is 2.67 bits per heavy atom. The molecule has 1 rings (SSSR count). The molecule has 0 bridgehead atoms. The molecule has 1 fully saturated rings. The van der Waals surface area contributed by atoms with Gasteiger partial charge in [0.05, 0.1) is 0 Å². The van der Waals surface area contributed by atoms with E-state index in [9.17, 15) is 4.79 Å². The molecular weight excluding hydrogens is 148 g/mol. The lowest BCUT2D eigenvalue weighted by Gasteiger charge is -2.30. The van der Waals surface area contributed by atoms with E-state index in [0.717, 1.165) is 19.3 Å². The second kappa shape index (κ2) is 3.59. The lowest BCUT2D eigenvalue weighted by Crippen LogP contribution is -2.22. The molecule has 0 aromatic rings. The number of hydrogen-bond donors (Lipinski definition) is 0. The van der Waals surface area contributed by atoms with Crippen molar-refractivity contribution in [3.05, 3.63) is 0 Å². The highest BCUT2D eigenvalue weighted by Gasteiger charge is 2.37. The second-order valence-electron chi connectivity index (χ2n) is 4.56. The van der Waals surface area contributed by atoms with Crippen LogP contribution >= 0.6 is 0 Å². The minimum atomic E-state index is 0.326. The lowest BCUT2D eigenvalue weighted by molar-refractivity contribution is -0.118. The van der Waals surface area contributed by atoms with E-state index in [0.29, 0.717) is 17.1 Å². The fourth-order valence-electron chi connectivity index (χ4n) is 2.25. The van der Waals surface area contributed by atoms with Gasteiger partial charge in [-0.05, 0) is 17.8 Å². The van der Waals surface area contributed by atoms with E-state index in [1.165, 1.54) is 12.8 Å². The third-order valence-electron chi connectivity index (χ3n) is 3.49. The van der Waals surface area contributed by atoms with Gasteiger partial charge in [-0.3, -0.25) is 4.79 Å². The highest BCUT2D eigenvalue weighted by atomic mass is 16.1. The Bertz CT molecular complexity index is 174. The van der Waals surface area contributed by atoms with Crippen LogP contribution < -0.4 is 0 Å². The second-order valence-corrected chi connectivity index (χ2v) is 4.56. The first-order valence-corrected chi connectivity index (χ1v) is 5.10. The molecule has 0 aromatic heterocycles. The number of carbonyl (C=O) groups is 1. The Balaban J connectivity index is 2.53. The maximum atomic E-state index is 11.2. The van der Waals surface area contributed by atoms with E-state index >= 15 is 0 Å². The van der Waals surface area contributed by atoms with E-state index < -0.39 is 0 Å². The molecule has 0 aromatic carbocycles. The fourth-order valence-corrected chi connectivity index (χ4v) is 2.25. The number of ketones is 1. The van der Waals surface area contributed by atoms with Gasteiger partial charge in [0.1, 0.15) is 5.78 Å². The van der Waals surface area contributed by atoms with Crippen LogP contribution in [0.1, 0.15) is 52.9 Å². The summed E-state index contributed by atoms with van der Waals surface area (Å²) in [7, 11) is 0. The third-order valence-corrected chi connectivity index (χ3v) is 3.49. The Kier molecular flexibility index (Phi) is 2.92. The van der Waals surface area contributed by atoms with E-state index in [4.69, 9.17) is 0 Å². The minimum absolute atomic E-state index is 0.326. The summed E-state index contributed by atoms with van der Waals surface area (Å²) in [5.41, 5.74) is 0.326. The molecule has 1 nitrogen and oxygen atoms in total. The van der Waals surface area contributed by atoms with Crippen LogP contribution in [0.2, 0.25) is 0 Å². The number of Topliss-reactive ketones (excluding diaryl/α,β-unsaturated/α-hetero) is 1. The van der Waals surface area contributed by atoms with Gasteiger partial charge in [0, 0.05) is 12.8 Å². The smallest absolute Gasteiger partial charge is 0.133 e. The van der Waals surface area contributed by atoms with Crippen molar-refractivity contribution in [3.8, 4) is 0 Å². The van der Waals surface area contributed by atoms with Gasteiger partial charge >= 0.3 is 0 Å². The third kappa shape index (κ3) is 1.88. The zero-order valence-electron chi connectivity index (χ0n) is 8.52. The van der Waals surface area contributed by atoms with Crippen LogP contribution in [0.15, 0.2) is 0 Å². The predicted molar refractivity (Wildman–Crippen MR) is 51.0 cm³/mol. The van der Waals surface area contributed by atoms with Gasteiger partial charge in [0.15, 0.2) is 0 Å². The normalized spacial score (nSPS) is 32.4. The largest absolute Gasteiger partial charge is 0.300 e. The first-order chi connectivity index (χ1) is 5.58. The van der Waals surface area contributed by atoms with Crippen molar-refractivity contribution in [1.29, 1.82) is 0 Å². The predicted octanol–water partition coefficient (Wildman–Crippen LogP) is 3.18. The maximum absolute atomic E-state index is 11.2. The average Bonchev–Trinajstić information content (AvgIpc) is 2.33. The summed E-state index contributed by atoms with van der Waals surface area (Å²) in [6.07, 6.45) is 5.28. The molecule has 0 aliphatic heterocycles. The van der Waals surface area contributed by atoms with Crippen LogP contribution in [0.25, 0.3) is 0 Å². The summed E-state index contributed by atoms with van der Waals surface area (Å²) in [4.78, 5) is 11.2. The summed E-state index contributed by atoms with van der Waals surface area (Å²) in [6.45, 7) is 6.79. The molecular formula is C11H20O. The van der Waals surface area contributed by atoms with Crippen LogP contribution in [0.5, 0.6) is 0 Å². The number of hydrogen-bond acceptors (Lipinski definition) is 1. The topological polar surface area (TPSA) is 17.1 Å². The van der Waals surface area contributed by atoms with Crippen molar-refractivity contribution >= 4 is 5.78 Å².